The lowest BCUT2D eigenvalue weighted by molar-refractivity contribution is -0.250. The molecule has 1 atom stereocenters. The molecular formula is C12H15F3N2O. The minimum atomic E-state index is -4.60. The van der Waals surface area contributed by atoms with E-state index in [4.69, 9.17) is 5.73 Å². The van der Waals surface area contributed by atoms with E-state index in [1.165, 1.54) is 4.90 Å². The predicted molar refractivity (Wildman–Crippen MR) is 62.2 cm³/mol. The predicted octanol–water partition coefficient (Wildman–Crippen LogP) is 1.65. The van der Waals surface area contributed by atoms with Crippen molar-refractivity contribution in [2.75, 3.05) is 18.0 Å². The van der Waals surface area contributed by atoms with E-state index in [1.54, 1.807) is 24.3 Å². The van der Waals surface area contributed by atoms with Crippen molar-refractivity contribution in [3.8, 4) is 0 Å². The van der Waals surface area contributed by atoms with Crippen LogP contribution in [0.4, 0.5) is 18.9 Å². The van der Waals surface area contributed by atoms with Crippen LogP contribution in [0.5, 0.6) is 0 Å². The molecule has 1 aromatic rings. The van der Waals surface area contributed by atoms with Crippen molar-refractivity contribution in [1.82, 2.24) is 0 Å². The fourth-order valence-corrected chi connectivity index (χ4v) is 2.22. The van der Waals surface area contributed by atoms with Gasteiger partial charge in [0.05, 0.1) is 6.54 Å². The Kier molecular flexibility index (Phi) is 3.25. The Morgan fingerprint density at radius 2 is 2.00 bits per heavy atom. The van der Waals surface area contributed by atoms with Crippen molar-refractivity contribution < 1.29 is 18.3 Å². The average molecular weight is 260 g/mol. The van der Waals surface area contributed by atoms with Crippen molar-refractivity contribution in [3.63, 3.8) is 0 Å². The molecular weight excluding hydrogens is 245 g/mol. The molecule has 1 aliphatic rings. The second-order valence-corrected chi connectivity index (χ2v) is 4.53. The first-order valence-electron chi connectivity index (χ1n) is 5.69. The highest BCUT2D eigenvalue weighted by Crippen LogP contribution is 2.39. The van der Waals surface area contributed by atoms with Gasteiger partial charge < -0.3 is 15.7 Å². The molecule has 18 heavy (non-hydrogen) atoms. The highest BCUT2D eigenvalue weighted by atomic mass is 19.4. The molecule has 1 aliphatic heterocycles. The van der Waals surface area contributed by atoms with Gasteiger partial charge >= 0.3 is 6.18 Å². The minimum Gasteiger partial charge on any atom is -0.379 e. The van der Waals surface area contributed by atoms with Gasteiger partial charge in [0.15, 0.2) is 5.60 Å². The lowest BCUT2D eigenvalue weighted by Gasteiger charge is -2.27. The van der Waals surface area contributed by atoms with Gasteiger partial charge in [0.1, 0.15) is 0 Å². The Labute approximate surface area is 103 Å². The standard InChI is InChI=1S/C12H15F3N2O/c13-12(14,15)11(18)5-6-17(8-11)10-4-2-1-3-9(10)7-16/h1-4,18H,5-8,16H2. The Bertz CT molecular complexity index is 436. The van der Waals surface area contributed by atoms with Gasteiger partial charge in [-0.15, -0.1) is 0 Å². The summed E-state index contributed by atoms with van der Waals surface area (Å²) in [5.41, 5.74) is 4.39. The first-order valence-corrected chi connectivity index (χ1v) is 5.69. The van der Waals surface area contributed by atoms with E-state index in [0.717, 1.165) is 5.56 Å². The van der Waals surface area contributed by atoms with Crippen LogP contribution in [0.25, 0.3) is 0 Å². The zero-order valence-corrected chi connectivity index (χ0v) is 9.74. The lowest BCUT2D eigenvalue weighted by atomic mass is 10.0. The molecule has 0 aliphatic carbocycles. The number of anilines is 1. The number of hydrogen-bond acceptors (Lipinski definition) is 3. The van der Waals surface area contributed by atoms with Crippen LogP contribution in [0.1, 0.15) is 12.0 Å². The van der Waals surface area contributed by atoms with E-state index in [0.29, 0.717) is 5.69 Å². The van der Waals surface area contributed by atoms with Crippen LogP contribution in [-0.2, 0) is 6.54 Å². The number of nitrogens with zero attached hydrogens (tertiary/aromatic N) is 1. The highest BCUT2D eigenvalue weighted by molar-refractivity contribution is 5.55. The first-order chi connectivity index (χ1) is 8.37. The summed E-state index contributed by atoms with van der Waals surface area (Å²) in [5.74, 6) is 0. The quantitative estimate of drug-likeness (QED) is 0.850. The molecule has 3 N–H and O–H groups in total. The second kappa shape index (κ2) is 4.44. The van der Waals surface area contributed by atoms with Crippen molar-refractivity contribution >= 4 is 5.69 Å². The van der Waals surface area contributed by atoms with Gasteiger partial charge in [0, 0.05) is 25.2 Å². The number of alkyl halides is 3. The maximum absolute atomic E-state index is 12.7. The zero-order chi connectivity index (χ0) is 13.4. The number of aliphatic hydroxyl groups is 1. The van der Waals surface area contributed by atoms with Gasteiger partial charge in [-0.05, 0) is 11.6 Å². The fraction of sp³-hybridized carbons (Fsp3) is 0.500. The van der Waals surface area contributed by atoms with E-state index in [-0.39, 0.29) is 19.5 Å². The molecule has 1 saturated heterocycles. The van der Waals surface area contributed by atoms with Gasteiger partial charge in [-0.1, -0.05) is 18.2 Å². The molecule has 3 nitrogen and oxygen atoms in total. The van der Waals surface area contributed by atoms with Crippen LogP contribution < -0.4 is 10.6 Å². The molecule has 0 amide bonds. The van der Waals surface area contributed by atoms with E-state index >= 15 is 0 Å². The van der Waals surface area contributed by atoms with Crippen molar-refractivity contribution in [2.45, 2.75) is 24.7 Å². The Hall–Kier alpha value is -1.27. The van der Waals surface area contributed by atoms with Gasteiger partial charge in [0.25, 0.3) is 0 Å². The molecule has 1 aromatic carbocycles. The molecule has 1 heterocycles. The molecule has 6 heteroatoms. The average Bonchev–Trinajstić information content (AvgIpc) is 2.72. The largest absolute Gasteiger partial charge is 0.418 e. The number of β-amino-alcohol motifs (C(OH)–C–C–N with tert-alkyl or cyclic N) is 1. The van der Waals surface area contributed by atoms with Crippen LogP contribution in [0.15, 0.2) is 24.3 Å². The maximum atomic E-state index is 12.7. The summed E-state index contributed by atoms with van der Waals surface area (Å²) in [6.07, 6.45) is -4.91. The topological polar surface area (TPSA) is 49.5 Å². The van der Waals surface area contributed by atoms with E-state index in [1.807, 2.05) is 0 Å². The molecule has 100 valence electrons. The SMILES string of the molecule is NCc1ccccc1N1CCC(O)(C(F)(F)F)C1. The molecule has 2 rings (SSSR count). The lowest BCUT2D eigenvalue weighted by Crippen LogP contribution is -2.47. The highest BCUT2D eigenvalue weighted by Gasteiger charge is 2.57. The van der Waals surface area contributed by atoms with Crippen molar-refractivity contribution in [1.29, 1.82) is 0 Å². The van der Waals surface area contributed by atoms with Gasteiger partial charge in [-0.2, -0.15) is 13.2 Å². The van der Waals surface area contributed by atoms with Crippen LogP contribution in [-0.4, -0.2) is 30.0 Å². The van der Waals surface area contributed by atoms with Crippen LogP contribution in [0, 0.1) is 0 Å². The van der Waals surface area contributed by atoms with Crippen molar-refractivity contribution in [3.05, 3.63) is 29.8 Å². The number of halogens is 3. The van der Waals surface area contributed by atoms with Crippen LogP contribution >= 0.6 is 0 Å². The number of para-hydroxylation sites is 1. The molecule has 0 bridgehead atoms. The fourth-order valence-electron chi connectivity index (χ4n) is 2.22. The summed E-state index contributed by atoms with van der Waals surface area (Å²) in [4.78, 5) is 1.54. The summed E-state index contributed by atoms with van der Waals surface area (Å²) in [6, 6.07) is 7.04. The second-order valence-electron chi connectivity index (χ2n) is 4.53. The summed E-state index contributed by atoms with van der Waals surface area (Å²) >= 11 is 0. The molecule has 0 spiro atoms. The summed E-state index contributed by atoms with van der Waals surface area (Å²) < 4.78 is 38.1. The van der Waals surface area contributed by atoms with E-state index < -0.39 is 18.3 Å². The number of nitrogens with two attached hydrogens (primary N) is 1. The third-order valence-electron chi connectivity index (χ3n) is 3.33. The number of benzene rings is 1. The third kappa shape index (κ3) is 2.18. The Morgan fingerprint density at radius 1 is 1.33 bits per heavy atom. The first kappa shape index (κ1) is 13.2. The molecule has 1 fully saturated rings. The monoisotopic (exact) mass is 260 g/mol. The zero-order valence-electron chi connectivity index (χ0n) is 9.74. The van der Waals surface area contributed by atoms with Gasteiger partial charge in [-0.3, -0.25) is 0 Å². The summed E-state index contributed by atoms with van der Waals surface area (Å²) in [6.45, 7) is -0.00232. The third-order valence-corrected chi connectivity index (χ3v) is 3.33. The van der Waals surface area contributed by atoms with E-state index in [9.17, 15) is 18.3 Å². The molecule has 1 unspecified atom stereocenters. The molecule has 0 saturated carbocycles. The molecule has 0 aromatic heterocycles. The molecule has 0 radical (unpaired) electrons. The Balaban J connectivity index is 2.23. The van der Waals surface area contributed by atoms with Crippen LogP contribution in [0.2, 0.25) is 0 Å². The van der Waals surface area contributed by atoms with Crippen molar-refractivity contribution in [2.24, 2.45) is 5.73 Å². The Morgan fingerprint density at radius 3 is 2.56 bits per heavy atom. The minimum absolute atomic E-state index is 0.174. The van der Waals surface area contributed by atoms with Crippen LogP contribution in [0.3, 0.4) is 0 Å². The summed E-state index contributed by atoms with van der Waals surface area (Å²) in [7, 11) is 0. The summed E-state index contributed by atoms with van der Waals surface area (Å²) in [5, 5.41) is 9.63. The normalized spacial score (nSPS) is 24.6. The smallest absolute Gasteiger partial charge is 0.379 e. The van der Waals surface area contributed by atoms with Gasteiger partial charge in [-0.25, -0.2) is 0 Å². The maximum Gasteiger partial charge on any atom is 0.418 e. The van der Waals surface area contributed by atoms with Gasteiger partial charge in [0.2, 0.25) is 0 Å². The van der Waals surface area contributed by atoms with E-state index in [2.05, 4.69) is 0 Å². The number of rotatable bonds is 2. The number of hydrogen-bond donors (Lipinski definition) is 2.